The third-order valence-electron chi connectivity index (χ3n) is 3.22. The Morgan fingerprint density at radius 3 is 2.46 bits per heavy atom. The fourth-order valence-electron chi connectivity index (χ4n) is 2.17. The number of ether oxygens (including phenoxy) is 2. The molecular formula is C19H17F3O2. The molecule has 2 aromatic rings. The van der Waals surface area contributed by atoms with Gasteiger partial charge in [-0.1, -0.05) is 24.1 Å². The monoisotopic (exact) mass is 334 g/mol. The Labute approximate surface area is 139 Å². The molecule has 0 atom stereocenters. The Balaban J connectivity index is 2.23. The molecular weight excluding hydrogens is 317 g/mol. The summed E-state index contributed by atoms with van der Waals surface area (Å²) in [6.45, 7) is 3.97. The van der Waals surface area contributed by atoms with E-state index in [1.54, 1.807) is 6.07 Å². The van der Waals surface area contributed by atoms with E-state index < -0.39 is 11.7 Å². The highest BCUT2D eigenvalue weighted by Gasteiger charge is 2.33. The number of alkyl halides is 3. The molecule has 126 valence electrons. The van der Waals surface area contributed by atoms with Gasteiger partial charge in [0, 0.05) is 11.1 Å². The lowest BCUT2D eigenvalue weighted by molar-refractivity contribution is -0.137. The summed E-state index contributed by atoms with van der Waals surface area (Å²) in [7, 11) is 0. The molecule has 2 nitrogen and oxygen atoms in total. The van der Waals surface area contributed by atoms with Crippen LogP contribution in [0.1, 0.15) is 30.5 Å². The van der Waals surface area contributed by atoms with Gasteiger partial charge < -0.3 is 9.47 Å². The highest BCUT2D eigenvalue weighted by Crippen LogP contribution is 2.34. The van der Waals surface area contributed by atoms with Crippen LogP contribution in [0, 0.1) is 11.8 Å². The summed E-state index contributed by atoms with van der Waals surface area (Å²) in [5.74, 6) is 5.74. The standard InChI is InChI=1S/C19H17F3O2/c1-3-7-14-10-11-16(12-17(14)19(20,21)22)24-13-15-8-5-6-9-18(15)23-4-2/h5-6,8-12H,4,13H2,1-2H3. The summed E-state index contributed by atoms with van der Waals surface area (Å²) in [6, 6.07) is 11.0. The second-order valence-electron chi connectivity index (χ2n) is 4.91. The minimum absolute atomic E-state index is 0.0629. The Morgan fingerprint density at radius 1 is 1.04 bits per heavy atom. The first-order chi connectivity index (χ1) is 11.5. The van der Waals surface area contributed by atoms with Gasteiger partial charge in [-0.3, -0.25) is 0 Å². The fraction of sp³-hybridized carbons (Fsp3) is 0.263. The molecule has 0 saturated heterocycles. The molecule has 2 rings (SSSR count). The zero-order chi connectivity index (χ0) is 17.6. The number of hydrogen-bond acceptors (Lipinski definition) is 2. The van der Waals surface area contributed by atoms with Gasteiger partial charge in [0.1, 0.15) is 18.1 Å². The van der Waals surface area contributed by atoms with Crippen molar-refractivity contribution in [3.8, 4) is 23.3 Å². The van der Waals surface area contributed by atoms with Crippen LogP contribution < -0.4 is 9.47 Å². The van der Waals surface area contributed by atoms with Gasteiger partial charge in [-0.2, -0.15) is 13.2 Å². The SMILES string of the molecule is CC#Cc1ccc(OCc2ccccc2OCC)cc1C(F)(F)F. The highest BCUT2D eigenvalue weighted by molar-refractivity contribution is 5.47. The smallest absolute Gasteiger partial charge is 0.417 e. The Kier molecular flexibility index (Phi) is 5.75. The van der Waals surface area contributed by atoms with Gasteiger partial charge in [-0.05, 0) is 38.1 Å². The molecule has 0 radical (unpaired) electrons. The third-order valence-corrected chi connectivity index (χ3v) is 3.22. The van der Waals surface area contributed by atoms with E-state index >= 15 is 0 Å². The van der Waals surface area contributed by atoms with E-state index in [0.29, 0.717) is 12.4 Å². The zero-order valence-corrected chi connectivity index (χ0v) is 13.4. The summed E-state index contributed by atoms with van der Waals surface area (Å²) >= 11 is 0. The van der Waals surface area contributed by atoms with E-state index in [-0.39, 0.29) is 17.9 Å². The van der Waals surface area contributed by atoms with Crippen LogP contribution in [0.2, 0.25) is 0 Å². The summed E-state index contributed by atoms with van der Waals surface area (Å²) in [5, 5.41) is 0. The molecule has 0 spiro atoms. The van der Waals surface area contributed by atoms with Gasteiger partial charge in [0.25, 0.3) is 0 Å². The summed E-state index contributed by atoms with van der Waals surface area (Å²) in [5.41, 5.74) is -0.0927. The average molecular weight is 334 g/mol. The van der Waals surface area contributed by atoms with Crippen LogP contribution >= 0.6 is 0 Å². The number of hydrogen-bond donors (Lipinski definition) is 0. The molecule has 0 saturated carbocycles. The van der Waals surface area contributed by atoms with Gasteiger partial charge in [-0.15, -0.1) is 5.92 Å². The number of benzene rings is 2. The van der Waals surface area contributed by atoms with Gasteiger partial charge >= 0.3 is 6.18 Å². The summed E-state index contributed by atoms with van der Waals surface area (Å²) in [6.07, 6.45) is -4.48. The van der Waals surface area contributed by atoms with E-state index in [4.69, 9.17) is 9.47 Å². The van der Waals surface area contributed by atoms with E-state index in [9.17, 15) is 13.2 Å². The maximum Gasteiger partial charge on any atom is 0.417 e. The van der Waals surface area contributed by atoms with E-state index in [1.807, 2.05) is 25.1 Å². The van der Waals surface area contributed by atoms with Crippen molar-refractivity contribution in [1.29, 1.82) is 0 Å². The molecule has 0 aromatic heterocycles. The largest absolute Gasteiger partial charge is 0.493 e. The minimum atomic E-state index is -4.48. The first-order valence-electron chi connectivity index (χ1n) is 7.43. The van der Waals surface area contributed by atoms with Gasteiger partial charge in [0.15, 0.2) is 0 Å². The van der Waals surface area contributed by atoms with Gasteiger partial charge in [-0.25, -0.2) is 0 Å². The zero-order valence-electron chi connectivity index (χ0n) is 13.4. The van der Waals surface area contributed by atoms with Crippen molar-refractivity contribution in [2.45, 2.75) is 26.6 Å². The Hall–Kier alpha value is -2.61. The van der Waals surface area contributed by atoms with Crippen LogP contribution in [-0.4, -0.2) is 6.61 Å². The third kappa shape index (κ3) is 4.45. The van der Waals surface area contributed by atoms with E-state index in [2.05, 4.69) is 11.8 Å². The fourth-order valence-corrected chi connectivity index (χ4v) is 2.17. The lowest BCUT2D eigenvalue weighted by Gasteiger charge is -2.14. The molecule has 0 unspecified atom stereocenters. The quantitative estimate of drug-likeness (QED) is 0.712. The van der Waals surface area contributed by atoms with Gasteiger partial charge in [0.05, 0.1) is 12.2 Å². The van der Waals surface area contributed by atoms with Crippen LogP contribution in [0.5, 0.6) is 11.5 Å². The van der Waals surface area contributed by atoms with Crippen molar-refractivity contribution in [3.63, 3.8) is 0 Å². The molecule has 0 heterocycles. The average Bonchev–Trinajstić information content (AvgIpc) is 2.54. The predicted molar refractivity (Wildman–Crippen MR) is 85.9 cm³/mol. The molecule has 24 heavy (non-hydrogen) atoms. The topological polar surface area (TPSA) is 18.5 Å². The lowest BCUT2D eigenvalue weighted by atomic mass is 10.1. The second-order valence-corrected chi connectivity index (χ2v) is 4.91. The maximum absolute atomic E-state index is 13.1. The maximum atomic E-state index is 13.1. The van der Waals surface area contributed by atoms with Crippen LogP contribution in [-0.2, 0) is 12.8 Å². The Bertz CT molecular complexity index is 755. The molecule has 0 amide bonds. The van der Waals surface area contributed by atoms with Crippen LogP contribution in [0.25, 0.3) is 0 Å². The van der Waals surface area contributed by atoms with Crippen LogP contribution in [0.4, 0.5) is 13.2 Å². The molecule has 2 aromatic carbocycles. The molecule has 0 aliphatic heterocycles. The van der Waals surface area contributed by atoms with Crippen LogP contribution in [0.3, 0.4) is 0 Å². The molecule has 0 bridgehead atoms. The Morgan fingerprint density at radius 2 is 1.79 bits per heavy atom. The molecule has 0 aliphatic rings. The summed E-state index contributed by atoms with van der Waals surface area (Å²) < 4.78 is 50.4. The summed E-state index contributed by atoms with van der Waals surface area (Å²) in [4.78, 5) is 0. The number of halogens is 3. The van der Waals surface area contributed by atoms with Crippen molar-refractivity contribution in [1.82, 2.24) is 0 Å². The van der Waals surface area contributed by atoms with Crippen molar-refractivity contribution in [2.75, 3.05) is 6.61 Å². The number of rotatable bonds is 5. The van der Waals surface area contributed by atoms with Crippen molar-refractivity contribution >= 4 is 0 Å². The minimum Gasteiger partial charge on any atom is -0.493 e. The highest BCUT2D eigenvalue weighted by atomic mass is 19.4. The van der Waals surface area contributed by atoms with Crippen molar-refractivity contribution < 1.29 is 22.6 Å². The predicted octanol–water partition coefficient (Wildman–Crippen LogP) is 5.05. The normalized spacial score (nSPS) is 10.7. The molecule has 0 aliphatic carbocycles. The van der Waals surface area contributed by atoms with Crippen molar-refractivity contribution in [3.05, 3.63) is 59.2 Å². The van der Waals surface area contributed by atoms with E-state index in [1.165, 1.54) is 19.1 Å². The second kappa shape index (κ2) is 7.78. The van der Waals surface area contributed by atoms with Gasteiger partial charge in [0.2, 0.25) is 0 Å². The molecule has 0 N–H and O–H groups in total. The van der Waals surface area contributed by atoms with Crippen LogP contribution in [0.15, 0.2) is 42.5 Å². The van der Waals surface area contributed by atoms with E-state index in [0.717, 1.165) is 11.6 Å². The molecule has 0 fully saturated rings. The first-order valence-corrected chi connectivity index (χ1v) is 7.43. The first kappa shape index (κ1) is 17.7. The molecule has 5 heteroatoms. The van der Waals surface area contributed by atoms with Crippen molar-refractivity contribution in [2.24, 2.45) is 0 Å². The number of para-hydroxylation sites is 1. The lowest BCUT2D eigenvalue weighted by Crippen LogP contribution is -2.08.